The molecule has 1 aliphatic rings. The Morgan fingerprint density at radius 3 is 2.79 bits per heavy atom. The van der Waals surface area contributed by atoms with Crippen LogP contribution in [0.25, 0.3) is 0 Å². The van der Waals surface area contributed by atoms with Gasteiger partial charge in [0.25, 0.3) is 0 Å². The van der Waals surface area contributed by atoms with Gasteiger partial charge >= 0.3 is 0 Å². The minimum atomic E-state index is -0.294. The van der Waals surface area contributed by atoms with E-state index in [0.29, 0.717) is 26.1 Å². The molecule has 2 aromatic rings. The predicted molar refractivity (Wildman–Crippen MR) is 88.4 cm³/mol. The van der Waals surface area contributed by atoms with Crippen LogP contribution >= 0.6 is 0 Å². The molecular formula is C19H20FNO3. The van der Waals surface area contributed by atoms with Crippen LogP contribution in [0.4, 0.5) is 4.39 Å². The van der Waals surface area contributed by atoms with Gasteiger partial charge in [-0.05, 0) is 35.4 Å². The van der Waals surface area contributed by atoms with Crippen molar-refractivity contribution < 1.29 is 18.7 Å². The molecule has 5 heteroatoms. The van der Waals surface area contributed by atoms with Gasteiger partial charge in [-0.3, -0.25) is 4.79 Å². The number of nitrogens with zero attached hydrogens (tertiary/aromatic N) is 1. The van der Waals surface area contributed by atoms with E-state index in [1.807, 2.05) is 30.3 Å². The molecule has 24 heavy (non-hydrogen) atoms. The Bertz CT molecular complexity index is 702. The predicted octanol–water partition coefficient (Wildman–Crippen LogP) is 2.98. The monoisotopic (exact) mass is 329 g/mol. The molecule has 0 unspecified atom stereocenters. The average Bonchev–Trinajstić information content (AvgIpc) is 2.62. The number of carbonyl (C=O) groups excluding carboxylic acids is 1. The number of benzene rings is 2. The standard InChI is InChI=1S/C19H20FNO3/c1-23-17-7-5-14(6-8-17)11-19(22)21-9-10-24-18(13-21)15-3-2-4-16(20)12-15/h2-8,12,18H,9-11,13H2,1H3/t18-/m0/s1. The molecule has 0 radical (unpaired) electrons. The molecule has 1 heterocycles. The summed E-state index contributed by atoms with van der Waals surface area (Å²) in [5.74, 6) is 0.520. The van der Waals surface area contributed by atoms with E-state index in [0.717, 1.165) is 16.9 Å². The van der Waals surface area contributed by atoms with Crippen molar-refractivity contribution in [3.05, 3.63) is 65.5 Å². The molecule has 0 aliphatic carbocycles. The number of hydrogen-bond acceptors (Lipinski definition) is 3. The molecule has 4 nitrogen and oxygen atoms in total. The van der Waals surface area contributed by atoms with Gasteiger partial charge in [-0.15, -0.1) is 0 Å². The third kappa shape index (κ3) is 3.92. The van der Waals surface area contributed by atoms with Crippen molar-refractivity contribution >= 4 is 5.91 Å². The van der Waals surface area contributed by atoms with Gasteiger partial charge in [0.1, 0.15) is 17.7 Å². The summed E-state index contributed by atoms with van der Waals surface area (Å²) in [5.41, 5.74) is 1.70. The van der Waals surface area contributed by atoms with E-state index in [2.05, 4.69) is 0 Å². The second-order valence-corrected chi connectivity index (χ2v) is 5.78. The summed E-state index contributed by atoms with van der Waals surface area (Å²) < 4.78 is 24.2. The Morgan fingerprint density at radius 1 is 1.29 bits per heavy atom. The second kappa shape index (κ2) is 7.45. The minimum Gasteiger partial charge on any atom is -0.497 e. The molecular weight excluding hydrogens is 309 g/mol. The number of halogens is 1. The quantitative estimate of drug-likeness (QED) is 0.866. The van der Waals surface area contributed by atoms with E-state index in [1.165, 1.54) is 12.1 Å². The van der Waals surface area contributed by atoms with Gasteiger partial charge in [-0.1, -0.05) is 24.3 Å². The van der Waals surface area contributed by atoms with Gasteiger partial charge in [0.05, 0.1) is 26.7 Å². The number of morpholine rings is 1. The van der Waals surface area contributed by atoms with Gasteiger partial charge in [0, 0.05) is 6.54 Å². The van der Waals surface area contributed by atoms with E-state index in [4.69, 9.17) is 9.47 Å². The Kier molecular flexibility index (Phi) is 5.11. The van der Waals surface area contributed by atoms with Gasteiger partial charge in [-0.25, -0.2) is 4.39 Å². The molecule has 1 amide bonds. The van der Waals surface area contributed by atoms with Crippen LogP contribution in [-0.2, 0) is 16.0 Å². The van der Waals surface area contributed by atoms with Crippen LogP contribution in [0, 0.1) is 5.82 Å². The third-order valence-corrected chi connectivity index (χ3v) is 4.15. The largest absolute Gasteiger partial charge is 0.497 e. The number of rotatable bonds is 4. The molecule has 1 atom stereocenters. The Balaban J connectivity index is 1.64. The Hall–Kier alpha value is -2.40. The van der Waals surface area contributed by atoms with E-state index in [-0.39, 0.29) is 17.8 Å². The lowest BCUT2D eigenvalue weighted by molar-refractivity contribution is -0.138. The minimum absolute atomic E-state index is 0.0462. The summed E-state index contributed by atoms with van der Waals surface area (Å²) in [4.78, 5) is 14.3. The maximum absolute atomic E-state index is 13.4. The fourth-order valence-corrected chi connectivity index (χ4v) is 2.81. The van der Waals surface area contributed by atoms with Crippen molar-refractivity contribution in [1.29, 1.82) is 0 Å². The zero-order chi connectivity index (χ0) is 16.9. The Morgan fingerprint density at radius 2 is 2.08 bits per heavy atom. The molecule has 126 valence electrons. The van der Waals surface area contributed by atoms with Gasteiger partial charge in [0.15, 0.2) is 0 Å². The fraction of sp³-hybridized carbons (Fsp3) is 0.316. The maximum Gasteiger partial charge on any atom is 0.227 e. The normalized spacial score (nSPS) is 17.6. The first-order valence-electron chi connectivity index (χ1n) is 7.93. The molecule has 0 spiro atoms. The van der Waals surface area contributed by atoms with Crippen LogP contribution in [0.2, 0.25) is 0 Å². The van der Waals surface area contributed by atoms with Crippen LogP contribution in [-0.4, -0.2) is 37.6 Å². The van der Waals surface area contributed by atoms with Crippen LogP contribution in [0.1, 0.15) is 17.2 Å². The number of hydrogen-bond donors (Lipinski definition) is 0. The molecule has 1 fully saturated rings. The van der Waals surface area contributed by atoms with Crippen LogP contribution in [0.5, 0.6) is 5.75 Å². The highest BCUT2D eigenvalue weighted by molar-refractivity contribution is 5.79. The number of methoxy groups -OCH3 is 1. The Labute approximate surface area is 140 Å². The highest BCUT2D eigenvalue weighted by atomic mass is 19.1. The zero-order valence-electron chi connectivity index (χ0n) is 13.6. The highest BCUT2D eigenvalue weighted by Crippen LogP contribution is 2.23. The first kappa shape index (κ1) is 16.5. The summed E-state index contributed by atoms with van der Waals surface area (Å²) in [5, 5.41) is 0. The zero-order valence-corrected chi connectivity index (χ0v) is 13.6. The van der Waals surface area contributed by atoms with Crippen molar-refractivity contribution in [1.82, 2.24) is 4.90 Å². The smallest absolute Gasteiger partial charge is 0.227 e. The van der Waals surface area contributed by atoms with Gasteiger partial charge in [0.2, 0.25) is 5.91 Å². The van der Waals surface area contributed by atoms with E-state index in [1.54, 1.807) is 18.1 Å². The average molecular weight is 329 g/mol. The van der Waals surface area contributed by atoms with Crippen molar-refractivity contribution in [2.75, 3.05) is 26.8 Å². The summed E-state index contributed by atoms with van der Waals surface area (Å²) in [7, 11) is 1.61. The summed E-state index contributed by atoms with van der Waals surface area (Å²) in [6.07, 6.45) is 0.0501. The van der Waals surface area contributed by atoms with Crippen LogP contribution in [0.15, 0.2) is 48.5 Å². The maximum atomic E-state index is 13.4. The SMILES string of the molecule is COc1ccc(CC(=O)N2CCO[C@H](c3cccc(F)c3)C2)cc1. The third-order valence-electron chi connectivity index (χ3n) is 4.15. The van der Waals surface area contributed by atoms with Crippen LogP contribution < -0.4 is 4.74 Å². The van der Waals surface area contributed by atoms with Gasteiger partial charge in [-0.2, -0.15) is 0 Å². The lowest BCUT2D eigenvalue weighted by Gasteiger charge is -2.33. The molecule has 0 saturated carbocycles. The molecule has 1 saturated heterocycles. The summed E-state index contributed by atoms with van der Waals surface area (Å²) in [6, 6.07) is 13.8. The van der Waals surface area contributed by atoms with Crippen molar-refractivity contribution in [2.45, 2.75) is 12.5 Å². The molecule has 3 rings (SSSR count). The molecule has 0 bridgehead atoms. The van der Waals surface area contributed by atoms with Crippen molar-refractivity contribution in [3.63, 3.8) is 0 Å². The van der Waals surface area contributed by atoms with E-state index < -0.39 is 0 Å². The lowest BCUT2D eigenvalue weighted by Crippen LogP contribution is -2.43. The molecule has 0 aromatic heterocycles. The molecule has 0 N–H and O–H groups in total. The fourth-order valence-electron chi connectivity index (χ4n) is 2.81. The first-order valence-corrected chi connectivity index (χ1v) is 7.93. The summed E-state index contributed by atoms with van der Waals surface area (Å²) in [6.45, 7) is 1.45. The topological polar surface area (TPSA) is 38.8 Å². The van der Waals surface area contributed by atoms with E-state index in [9.17, 15) is 9.18 Å². The highest BCUT2D eigenvalue weighted by Gasteiger charge is 2.25. The second-order valence-electron chi connectivity index (χ2n) is 5.78. The first-order chi connectivity index (χ1) is 11.7. The van der Waals surface area contributed by atoms with Crippen molar-refractivity contribution in [3.8, 4) is 5.75 Å². The van der Waals surface area contributed by atoms with E-state index >= 15 is 0 Å². The van der Waals surface area contributed by atoms with Crippen LogP contribution in [0.3, 0.4) is 0 Å². The summed E-state index contributed by atoms with van der Waals surface area (Å²) >= 11 is 0. The number of amides is 1. The van der Waals surface area contributed by atoms with Crippen molar-refractivity contribution in [2.24, 2.45) is 0 Å². The molecule has 2 aromatic carbocycles. The number of ether oxygens (including phenoxy) is 2. The lowest BCUT2D eigenvalue weighted by atomic mass is 10.1. The van der Waals surface area contributed by atoms with Gasteiger partial charge < -0.3 is 14.4 Å². The number of carbonyl (C=O) groups is 1. The molecule has 1 aliphatic heterocycles.